The molecular formula is C21H20N4O3. The van der Waals surface area contributed by atoms with E-state index in [4.69, 9.17) is 4.74 Å². The molecule has 0 radical (unpaired) electrons. The number of carbonyl (C=O) groups is 2. The highest BCUT2D eigenvalue weighted by molar-refractivity contribution is 5.91. The number of nitrogens with zero attached hydrogens (tertiary/aromatic N) is 2. The molecule has 0 fully saturated rings. The third kappa shape index (κ3) is 5.14. The van der Waals surface area contributed by atoms with E-state index in [1.54, 1.807) is 36.4 Å². The molecule has 7 nitrogen and oxygen atoms in total. The molecule has 0 saturated heterocycles. The molecule has 1 amide bonds. The van der Waals surface area contributed by atoms with Gasteiger partial charge in [-0.3, -0.25) is 4.79 Å². The summed E-state index contributed by atoms with van der Waals surface area (Å²) in [5, 5.41) is 13.8. The van der Waals surface area contributed by atoms with Gasteiger partial charge in [-0.2, -0.15) is 0 Å². The highest BCUT2D eigenvalue weighted by Crippen LogP contribution is 2.17. The smallest absolute Gasteiger partial charge is 0.337 e. The van der Waals surface area contributed by atoms with Crippen LogP contribution >= 0.6 is 0 Å². The Bertz CT molecular complexity index is 970. The van der Waals surface area contributed by atoms with Crippen molar-refractivity contribution in [2.75, 3.05) is 17.7 Å². The van der Waals surface area contributed by atoms with Crippen molar-refractivity contribution < 1.29 is 14.3 Å². The number of esters is 1. The molecule has 0 bridgehead atoms. The maximum absolute atomic E-state index is 12.1. The zero-order valence-electron chi connectivity index (χ0n) is 15.6. The predicted octanol–water partition coefficient (Wildman–Crippen LogP) is 3.50. The van der Waals surface area contributed by atoms with Gasteiger partial charge >= 0.3 is 5.97 Å². The molecule has 1 heterocycles. The number of anilines is 3. The van der Waals surface area contributed by atoms with Crippen molar-refractivity contribution in [3.05, 3.63) is 77.4 Å². The van der Waals surface area contributed by atoms with E-state index in [1.165, 1.54) is 7.11 Å². The van der Waals surface area contributed by atoms with Crippen molar-refractivity contribution in [2.45, 2.75) is 13.3 Å². The number of methoxy groups -OCH3 is 1. The lowest BCUT2D eigenvalue weighted by molar-refractivity contribution is -0.115. The van der Waals surface area contributed by atoms with Crippen LogP contribution < -0.4 is 10.6 Å². The standard InChI is InChI=1S/C21H20N4O3/c1-14-6-8-15(9-7-14)12-20(26)23-19-11-10-18(24-25-19)22-17-5-3-4-16(13-17)21(27)28-2/h3-11,13H,12H2,1-2H3,(H,22,24)(H,23,25,26). The van der Waals surface area contributed by atoms with Gasteiger partial charge in [0.05, 0.1) is 19.1 Å². The number of amides is 1. The van der Waals surface area contributed by atoms with Gasteiger partial charge in [-0.15, -0.1) is 10.2 Å². The predicted molar refractivity (Wildman–Crippen MR) is 107 cm³/mol. The third-order valence-electron chi connectivity index (χ3n) is 3.97. The van der Waals surface area contributed by atoms with Crippen LogP contribution in [0.1, 0.15) is 21.5 Å². The summed E-state index contributed by atoms with van der Waals surface area (Å²) in [4.78, 5) is 23.7. The number of carbonyl (C=O) groups excluding carboxylic acids is 2. The summed E-state index contributed by atoms with van der Waals surface area (Å²) < 4.78 is 4.71. The molecule has 0 aliphatic rings. The van der Waals surface area contributed by atoms with Gasteiger partial charge in [-0.25, -0.2) is 4.79 Å². The van der Waals surface area contributed by atoms with Gasteiger partial charge in [0.25, 0.3) is 0 Å². The van der Waals surface area contributed by atoms with Gasteiger partial charge < -0.3 is 15.4 Å². The Labute approximate surface area is 162 Å². The number of benzene rings is 2. The molecule has 2 aromatic carbocycles. The van der Waals surface area contributed by atoms with Gasteiger partial charge in [0.15, 0.2) is 11.6 Å². The zero-order valence-corrected chi connectivity index (χ0v) is 15.6. The Balaban J connectivity index is 1.59. The van der Waals surface area contributed by atoms with Crippen LogP contribution in [0, 0.1) is 6.92 Å². The van der Waals surface area contributed by atoms with E-state index in [0.29, 0.717) is 22.9 Å². The molecule has 0 aliphatic heterocycles. The highest BCUT2D eigenvalue weighted by atomic mass is 16.5. The van der Waals surface area contributed by atoms with E-state index in [-0.39, 0.29) is 12.3 Å². The Morgan fingerprint density at radius 2 is 1.68 bits per heavy atom. The molecule has 0 atom stereocenters. The normalized spacial score (nSPS) is 10.2. The van der Waals surface area contributed by atoms with Gasteiger partial charge in [0.2, 0.25) is 5.91 Å². The van der Waals surface area contributed by atoms with Crippen molar-refractivity contribution in [1.82, 2.24) is 10.2 Å². The fourth-order valence-corrected chi connectivity index (χ4v) is 2.53. The van der Waals surface area contributed by atoms with Gasteiger partial charge in [0, 0.05) is 5.69 Å². The lowest BCUT2D eigenvalue weighted by Crippen LogP contribution is -2.15. The molecule has 3 rings (SSSR count). The number of hydrogen-bond donors (Lipinski definition) is 2. The second kappa shape index (κ2) is 8.77. The van der Waals surface area contributed by atoms with Crippen LogP contribution in [0.2, 0.25) is 0 Å². The van der Waals surface area contributed by atoms with Crippen LogP contribution in [-0.4, -0.2) is 29.2 Å². The maximum Gasteiger partial charge on any atom is 0.337 e. The zero-order chi connectivity index (χ0) is 19.9. The topological polar surface area (TPSA) is 93.2 Å². The minimum Gasteiger partial charge on any atom is -0.465 e. The molecule has 0 aliphatic carbocycles. The first kappa shape index (κ1) is 19.0. The number of hydrogen-bond acceptors (Lipinski definition) is 6. The van der Waals surface area contributed by atoms with Gasteiger partial charge in [0.1, 0.15) is 0 Å². The molecule has 0 spiro atoms. The molecule has 7 heteroatoms. The quantitative estimate of drug-likeness (QED) is 0.640. The first-order valence-corrected chi connectivity index (χ1v) is 8.68. The van der Waals surface area contributed by atoms with E-state index >= 15 is 0 Å². The van der Waals surface area contributed by atoms with Crippen LogP contribution in [0.15, 0.2) is 60.7 Å². The monoisotopic (exact) mass is 376 g/mol. The van der Waals surface area contributed by atoms with Crippen molar-refractivity contribution in [1.29, 1.82) is 0 Å². The Morgan fingerprint density at radius 1 is 0.964 bits per heavy atom. The first-order valence-electron chi connectivity index (χ1n) is 8.68. The summed E-state index contributed by atoms with van der Waals surface area (Å²) in [7, 11) is 1.33. The van der Waals surface area contributed by atoms with Gasteiger partial charge in [-0.05, 0) is 42.8 Å². The molecule has 3 aromatic rings. The lowest BCUT2D eigenvalue weighted by atomic mass is 10.1. The number of ether oxygens (including phenoxy) is 1. The van der Waals surface area contributed by atoms with E-state index in [1.807, 2.05) is 31.2 Å². The second-order valence-electron chi connectivity index (χ2n) is 6.21. The van der Waals surface area contributed by atoms with Crippen LogP contribution in [0.5, 0.6) is 0 Å². The molecule has 0 unspecified atom stereocenters. The summed E-state index contributed by atoms with van der Waals surface area (Å²) in [5.74, 6) is 0.274. The first-order chi connectivity index (χ1) is 13.5. The van der Waals surface area contributed by atoms with Crippen LogP contribution in [0.3, 0.4) is 0 Å². The van der Waals surface area contributed by atoms with Crippen molar-refractivity contribution in [2.24, 2.45) is 0 Å². The molecule has 0 saturated carbocycles. The average molecular weight is 376 g/mol. The third-order valence-corrected chi connectivity index (χ3v) is 3.97. The van der Waals surface area contributed by atoms with Crippen molar-refractivity contribution in [3.63, 3.8) is 0 Å². The molecule has 28 heavy (non-hydrogen) atoms. The highest BCUT2D eigenvalue weighted by Gasteiger charge is 2.08. The van der Waals surface area contributed by atoms with Crippen LogP contribution in [0.4, 0.5) is 17.3 Å². The average Bonchev–Trinajstić information content (AvgIpc) is 2.71. The fraction of sp³-hybridized carbons (Fsp3) is 0.143. The fourth-order valence-electron chi connectivity index (χ4n) is 2.53. The molecule has 1 aromatic heterocycles. The minimum atomic E-state index is -0.415. The number of aromatic nitrogens is 2. The molecule has 2 N–H and O–H groups in total. The largest absolute Gasteiger partial charge is 0.465 e. The number of rotatable bonds is 6. The van der Waals surface area contributed by atoms with E-state index in [2.05, 4.69) is 20.8 Å². The number of nitrogens with one attached hydrogen (secondary N) is 2. The minimum absolute atomic E-state index is 0.162. The molecule has 142 valence electrons. The summed E-state index contributed by atoms with van der Waals surface area (Å²) >= 11 is 0. The summed E-state index contributed by atoms with van der Waals surface area (Å²) in [6.07, 6.45) is 0.266. The van der Waals surface area contributed by atoms with Crippen LogP contribution in [0.25, 0.3) is 0 Å². The Morgan fingerprint density at radius 3 is 2.36 bits per heavy atom. The SMILES string of the molecule is COC(=O)c1cccc(Nc2ccc(NC(=O)Cc3ccc(C)cc3)nn2)c1. The van der Waals surface area contributed by atoms with E-state index in [9.17, 15) is 9.59 Å². The molecular weight excluding hydrogens is 356 g/mol. The Hall–Kier alpha value is -3.74. The number of aryl methyl sites for hydroxylation is 1. The van der Waals surface area contributed by atoms with Crippen LogP contribution in [-0.2, 0) is 16.0 Å². The van der Waals surface area contributed by atoms with Gasteiger partial charge in [-0.1, -0.05) is 35.9 Å². The Kier molecular flexibility index (Phi) is 5.96. The lowest BCUT2D eigenvalue weighted by Gasteiger charge is -2.08. The van der Waals surface area contributed by atoms with E-state index < -0.39 is 5.97 Å². The summed E-state index contributed by atoms with van der Waals surface area (Å²) in [6.45, 7) is 2.00. The maximum atomic E-state index is 12.1. The van der Waals surface area contributed by atoms with E-state index in [0.717, 1.165) is 11.1 Å². The summed E-state index contributed by atoms with van der Waals surface area (Å²) in [6, 6.07) is 18.0. The van der Waals surface area contributed by atoms with Crippen molar-refractivity contribution in [3.8, 4) is 0 Å². The summed E-state index contributed by atoms with van der Waals surface area (Å²) in [5.41, 5.74) is 3.18. The van der Waals surface area contributed by atoms with Crippen molar-refractivity contribution >= 4 is 29.2 Å². The second-order valence-corrected chi connectivity index (χ2v) is 6.21.